The molecule has 5 rings (SSSR count). The zero-order chi connectivity index (χ0) is 23.9. The van der Waals surface area contributed by atoms with Gasteiger partial charge in [0, 0.05) is 52.7 Å². The molecule has 0 atom stereocenters. The normalized spacial score (nSPS) is 20.8. The Morgan fingerprint density at radius 3 is 2.59 bits per heavy atom. The first-order chi connectivity index (χ1) is 16.3. The van der Waals surface area contributed by atoms with Crippen LogP contribution in [0.2, 0.25) is 0 Å². The molecule has 1 saturated carbocycles. The van der Waals surface area contributed by atoms with E-state index in [0.717, 1.165) is 62.1 Å². The molecular formula is C26H28F3N3OS. The van der Waals surface area contributed by atoms with Gasteiger partial charge in [-0.2, -0.15) is 13.2 Å². The van der Waals surface area contributed by atoms with Crippen LogP contribution in [0.1, 0.15) is 52.9 Å². The Kier molecular flexibility index (Phi) is 6.18. The zero-order valence-electron chi connectivity index (χ0n) is 19.0. The highest BCUT2D eigenvalue weighted by Crippen LogP contribution is 2.40. The number of aryl methyl sites for hydroxylation is 1. The fourth-order valence-corrected chi connectivity index (χ4v) is 6.08. The monoisotopic (exact) mass is 487 g/mol. The van der Waals surface area contributed by atoms with E-state index in [1.165, 1.54) is 17.3 Å². The van der Waals surface area contributed by atoms with Crippen LogP contribution in [-0.2, 0) is 12.6 Å². The number of rotatable bonds is 4. The molecule has 0 radical (unpaired) electrons. The molecule has 1 fully saturated rings. The molecule has 0 spiro atoms. The molecule has 8 heteroatoms. The lowest BCUT2D eigenvalue weighted by Crippen LogP contribution is -2.40. The number of hydrogen-bond donors (Lipinski definition) is 2. The van der Waals surface area contributed by atoms with Crippen LogP contribution in [0, 0.1) is 0 Å². The van der Waals surface area contributed by atoms with Gasteiger partial charge in [-0.1, -0.05) is 6.07 Å². The van der Waals surface area contributed by atoms with E-state index >= 15 is 0 Å². The van der Waals surface area contributed by atoms with E-state index < -0.39 is 11.1 Å². The van der Waals surface area contributed by atoms with Crippen molar-refractivity contribution in [2.24, 2.45) is 0 Å². The van der Waals surface area contributed by atoms with Crippen molar-refractivity contribution in [3.8, 4) is 0 Å². The van der Waals surface area contributed by atoms with Crippen molar-refractivity contribution < 1.29 is 18.0 Å². The van der Waals surface area contributed by atoms with Gasteiger partial charge < -0.3 is 15.5 Å². The first-order valence-corrected chi connectivity index (χ1v) is 12.6. The van der Waals surface area contributed by atoms with Crippen LogP contribution in [0.5, 0.6) is 0 Å². The van der Waals surface area contributed by atoms with E-state index in [0.29, 0.717) is 15.6 Å². The van der Waals surface area contributed by atoms with Crippen molar-refractivity contribution in [1.82, 2.24) is 5.32 Å². The molecule has 3 aromatic rings. The lowest BCUT2D eigenvalue weighted by molar-refractivity contribution is -0.134. The van der Waals surface area contributed by atoms with Crippen LogP contribution in [-0.4, -0.2) is 31.6 Å². The van der Waals surface area contributed by atoms with E-state index in [2.05, 4.69) is 22.6 Å². The number of nitrogens with one attached hydrogen (secondary N) is 2. The summed E-state index contributed by atoms with van der Waals surface area (Å²) < 4.78 is 40.1. The van der Waals surface area contributed by atoms with Gasteiger partial charge in [-0.3, -0.25) is 4.79 Å². The van der Waals surface area contributed by atoms with Gasteiger partial charge in [0.25, 0.3) is 5.91 Å². The average molecular weight is 488 g/mol. The van der Waals surface area contributed by atoms with Gasteiger partial charge in [0.15, 0.2) is 0 Å². The Bertz CT molecular complexity index is 1200. The fourth-order valence-electron chi connectivity index (χ4n) is 5.12. The molecule has 4 nitrogen and oxygen atoms in total. The molecule has 0 unspecified atom stereocenters. The van der Waals surface area contributed by atoms with Crippen LogP contribution >= 0.6 is 11.3 Å². The third-order valence-electron chi connectivity index (χ3n) is 6.96. The Morgan fingerprint density at radius 2 is 1.82 bits per heavy atom. The minimum absolute atomic E-state index is 0.0323. The molecule has 34 heavy (non-hydrogen) atoms. The summed E-state index contributed by atoms with van der Waals surface area (Å²) in [5.41, 5.74) is 3.89. The number of halogens is 3. The number of carbonyl (C=O) groups is 1. The quantitative estimate of drug-likeness (QED) is 0.444. The number of hydrogen-bond acceptors (Lipinski definition) is 4. The molecule has 1 aliphatic heterocycles. The summed E-state index contributed by atoms with van der Waals surface area (Å²) in [5.74, 6) is -0.0323. The summed E-state index contributed by atoms with van der Waals surface area (Å²) in [6, 6.07) is 12.9. The molecule has 2 heterocycles. The van der Waals surface area contributed by atoms with E-state index in [-0.39, 0.29) is 18.0 Å². The Hall–Kier alpha value is -2.74. The largest absolute Gasteiger partial charge is 0.425 e. The standard InChI is InChI=1S/C26H28F3N3OS/c1-32-13-3-4-16-14-17(7-12-22(16)32)25(33)31-19-10-8-18(9-11-19)30-21-5-2-6-23-20(21)15-24(34-23)26(27,28)29/h2,5-7,12,14-15,18-19,30H,3-4,8-11,13H2,1H3,(H,31,33). The summed E-state index contributed by atoms with van der Waals surface area (Å²) in [5, 5.41) is 7.26. The minimum Gasteiger partial charge on any atom is -0.382 e. The predicted octanol–water partition coefficient (Wildman–Crippen LogP) is 6.46. The van der Waals surface area contributed by atoms with Gasteiger partial charge in [-0.05, 0) is 80.5 Å². The number of fused-ring (bicyclic) bond motifs is 2. The number of benzene rings is 2. The van der Waals surface area contributed by atoms with E-state index in [1.54, 1.807) is 12.1 Å². The van der Waals surface area contributed by atoms with Crippen molar-refractivity contribution in [2.45, 2.75) is 56.8 Å². The third kappa shape index (κ3) is 4.73. The topological polar surface area (TPSA) is 44.4 Å². The van der Waals surface area contributed by atoms with Gasteiger partial charge in [0.05, 0.1) is 0 Å². The smallest absolute Gasteiger partial charge is 0.382 e. The van der Waals surface area contributed by atoms with Crippen molar-refractivity contribution in [1.29, 1.82) is 0 Å². The second-order valence-corrected chi connectivity index (χ2v) is 10.4. The second-order valence-electron chi connectivity index (χ2n) is 9.36. The predicted molar refractivity (Wildman–Crippen MR) is 132 cm³/mol. The average Bonchev–Trinajstić information content (AvgIpc) is 3.26. The molecule has 0 bridgehead atoms. The van der Waals surface area contributed by atoms with Crippen molar-refractivity contribution >= 4 is 38.7 Å². The summed E-state index contributed by atoms with van der Waals surface area (Å²) in [6.45, 7) is 1.04. The van der Waals surface area contributed by atoms with Crippen molar-refractivity contribution in [3.05, 3.63) is 58.5 Å². The highest BCUT2D eigenvalue weighted by Gasteiger charge is 2.33. The first kappa shape index (κ1) is 23.0. The first-order valence-electron chi connectivity index (χ1n) is 11.8. The van der Waals surface area contributed by atoms with Crippen LogP contribution in [0.4, 0.5) is 24.5 Å². The highest BCUT2D eigenvalue weighted by molar-refractivity contribution is 7.19. The zero-order valence-corrected chi connectivity index (χ0v) is 19.9. The maximum Gasteiger partial charge on any atom is 0.425 e. The van der Waals surface area contributed by atoms with Gasteiger partial charge in [-0.25, -0.2) is 0 Å². The maximum absolute atomic E-state index is 13.1. The summed E-state index contributed by atoms with van der Waals surface area (Å²) in [6.07, 6.45) is 1.15. The molecule has 2 N–H and O–H groups in total. The van der Waals surface area contributed by atoms with Gasteiger partial charge >= 0.3 is 6.18 Å². The number of anilines is 2. The highest BCUT2D eigenvalue weighted by atomic mass is 32.1. The number of nitrogens with zero attached hydrogens (tertiary/aromatic N) is 1. The number of amides is 1. The number of carbonyl (C=O) groups excluding carboxylic acids is 1. The molecule has 1 aromatic heterocycles. The van der Waals surface area contributed by atoms with Crippen molar-refractivity contribution in [3.63, 3.8) is 0 Å². The Morgan fingerprint density at radius 1 is 1.06 bits per heavy atom. The molecular weight excluding hydrogens is 459 g/mol. The third-order valence-corrected chi connectivity index (χ3v) is 8.10. The molecule has 180 valence electrons. The van der Waals surface area contributed by atoms with Crippen molar-refractivity contribution in [2.75, 3.05) is 23.8 Å². The number of alkyl halides is 3. The van der Waals surface area contributed by atoms with Gasteiger partial charge in [-0.15, -0.1) is 11.3 Å². The summed E-state index contributed by atoms with van der Waals surface area (Å²) in [7, 11) is 2.08. The summed E-state index contributed by atoms with van der Waals surface area (Å²) in [4.78, 5) is 14.5. The molecule has 2 aliphatic rings. The summed E-state index contributed by atoms with van der Waals surface area (Å²) >= 11 is 0.779. The minimum atomic E-state index is -4.33. The van der Waals surface area contributed by atoms with E-state index in [1.807, 2.05) is 24.3 Å². The number of thiophene rings is 1. The van der Waals surface area contributed by atoms with E-state index in [4.69, 9.17) is 0 Å². The molecule has 0 saturated heterocycles. The van der Waals surface area contributed by atoms with E-state index in [9.17, 15) is 18.0 Å². The molecule has 2 aromatic carbocycles. The van der Waals surface area contributed by atoms with Crippen LogP contribution in [0.15, 0.2) is 42.5 Å². The molecule has 1 amide bonds. The van der Waals surface area contributed by atoms with Crippen LogP contribution in [0.3, 0.4) is 0 Å². The lowest BCUT2D eigenvalue weighted by Gasteiger charge is -2.31. The maximum atomic E-state index is 13.1. The van der Waals surface area contributed by atoms with Gasteiger partial charge in [0.1, 0.15) is 4.88 Å². The fraction of sp³-hybridized carbons (Fsp3) is 0.423. The van der Waals surface area contributed by atoms with Crippen LogP contribution < -0.4 is 15.5 Å². The van der Waals surface area contributed by atoms with Crippen LogP contribution in [0.25, 0.3) is 10.1 Å². The Balaban J connectivity index is 1.19. The second kappa shape index (κ2) is 9.13. The molecule has 1 aliphatic carbocycles. The van der Waals surface area contributed by atoms with Gasteiger partial charge in [0.2, 0.25) is 0 Å². The lowest BCUT2D eigenvalue weighted by atomic mass is 9.90. The SMILES string of the molecule is CN1CCCc2cc(C(=O)NC3CCC(Nc4cccc5sc(C(F)(F)F)cc45)CC3)ccc21. The Labute approximate surface area is 201 Å².